The average molecular weight is 326 g/mol. The summed E-state index contributed by atoms with van der Waals surface area (Å²) in [7, 11) is 0. The molecule has 2 aromatic rings. The van der Waals surface area contributed by atoms with Crippen molar-refractivity contribution in [1.29, 1.82) is 0 Å². The predicted octanol–water partition coefficient (Wildman–Crippen LogP) is 3.10. The van der Waals surface area contributed by atoms with Crippen LogP contribution in [-0.2, 0) is 24.1 Å². The first-order valence-corrected chi connectivity index (χ1v) is 7.39. The fourth-order valence-electron chi connectivity index (χ4n) is 2.78. The first-order valence-electron chi connectivity index (χ1n) is 7.39. The second-order valence-corrected chi connectivity index (χ2v) is 5.71. The number of hydrogen-bond acceptors (Lipinski definition) is 3. The van der Waals surface area contributed by atoms with Crippen LogP contribution in [0.3, 0.4) is 0 Å². The zero-order chi connectivity index (χ0) is 16.4. The van der Waals surface area contributed by atoms with Crippen molar-refractivity contribution in [3.05, 3.63) is 41.7 Å². The minimum absolute atomic E-state index is 0.239. The summed E-state index contributed by atoms with van der Waals surface area (Å²) in [5, 5.41) is 13.7. The number of nitrogens with zero attached hydrogens (tertiary/aromatic N) is 2. The number of aliphatic hydroxyl groups excluding tert-OH is 1. The summed E-state index contributed by atoms with van der Waals surface area (Å²) < 4.78 is 45.4. The highest BCUT2D eigenvalue weighted by Gasteiger charge is 2.31. The van der Waals surface area contributed by atoms with Crippen molar-refractivity contribution in [2.24, 2.45) is 5.92 Å². The van der Waals surface area contributed by atoms with Crippen LogP contribution in [0.2, 0.25) is 0 Å². The van der Waals surface area contributed by atoms with Gasteiger partial charge in [0.1, 0.15) is 0 Å². The molecule has 4 nitrogen and oxygen atoms in total. The van der Waals surface area contributed by atoms with Crippen LogP contribution in [0.4, 0.5) is 13.2 Å². The quantitative estimate of drug-likeness (QED) is 0.939. The van der Waals surface area contributed by atoms with Crippen molar-refractivity contribution >= 4 is 0 Å². The third kappa shape index (κ3) is 3.56. The van der Waals surface area contributed by atoms with Crippen molar-refractivity contribution in [2.75, 3.05) is 13.2 Å². The number of aliphatic hydroxyl groups is 1. The number of ether oxygens (including phenoxy) is 1. The third-order valence-corrected chi connectivity index (χ3v) is 4.02. The van der Waals surface area contributed by atoms with Gasteiger partial charge in [-0.2, -0.15) is 18.3 Å². The Kier molecular flexibility index (Phi) is 4.41. The van der Waals surface area contributed by atoms with Crippen molar-refractivity contribution in [1.82, 2.24) is 9.78 Å². The van der Waals surface area contributed by atoms with E-state index in [0.29, 0.717) is 23.7 Å². The summed E-state index contributed by atoms with van der Waals surface area (Å²) in [4.78, 5) is 0. The van der Waals surface area contributed by atoms with Gasteiger partial charge in [0, 0.05) is 30.8 Å². The first-order chi connectivity index (χ1) is 11.0. The van der Waals surface area contributed by atoms with Crippen LogP contribution >= 0.6 is 0 Å². The number of alkyl halides is 3. The molecule has 124 valence electrons. The Morgan fingerprint density at radius 3 is 2.83 bits per heavy atom. The molecule has 1 fully saturated rings. The molecule has 0 amide bonds. The zero-order valence-corrected chi connectivity index (χ0v) is 12.4. The molecule has 0 saturated carbocycles. The average Bonchev–Trinajstić information content (AvgIpc) is 3.18. The molecule has 7 heteroatoms. The lowest BCUT2D eigenvalue weighted by molar-refractivity contribution is -0.137. The molecule has 1 aliphatic heterocycles. The Labute approximate surface area is 131 Å². The van der Waals surface area contributed by atoms with Gasteiger partial charge in [0.15, 0.2) is 0 Å². The molecule has 2 heterocycles. The smallest absolute Gasteiger partial charge is 0.392 e. The van der Waals surface area contributed by atoms with E-state index in [9.17, 15) is 18.3 Å². The highest BCUT2D eigenvalue weighted by atomic mass is 19.4. The van der Waals surface area contributed by atoms with E-state index in [2.05, 4.69) is 5.10 Å². The van der Waals surface area contributed by atoms with Crippen LogP contribution in [0, 0.1) is 5.92 Å². The number of benzene rings is 1. The Morgan fingerprint density at radius 2 is 2.17 bits per heavy atom. The fraction of sp³-hybridized carbons (Fsp3) is 0.438. The maximum atomic E-state index is 12.8. The summed E-state index contributed by atoms with van der Waals surface area (Å²) in [5.41, 5.74) is 0.737. The largest absolute Gasteiger partial charge is 0.416 e. The number of halogens is 3. The van der Waals surface area contributed by atoms with Crippen LogP contribution in [0.5, 0.6) is 0 Å². The fourth-order valence-corrected chi connectivity index (χ4v) is 2.78. The Bertz CT molecular complexity index is 676. The van der Waals surface area contributed by atoms with Crippen LogP contribution in [0.1, 0.15) is 17.5 Å². The van der Waals surface area contributed by atoms with Gasteiger partial charge in [0.25, 0.3) is 0 Å². The van der Waals surface area contributed by atoms with Crippen molar-refractivity contribution in [2.45, 2.75) is 25.7 Å². The molecule has 1 saturated heterocycles. The molecule has 1 aromatic carbocycles. The van der Waals surface area contributed by atoms with E-state index in [1.807, 2.05) is 0 Å². The van der Waals surface area contributed by atoms with Gasteiger partial charge in [-0.3, -0.25) is 4.68 Å². The van der Waals surface area contributed by atoms with Gasteiger partial charge < -0.3 is 9.84 Å². The minimum atomic E-state index is -4.42. The molecule has 1 atom stereocenters. The van der Waals surface area contributed by atoms with Crippen molar-refractivity contribution < 1.29 is 23.0 Å². The molecular weight excluding hydrogens is 309 g/mol. The van der Waals surface area contributed by atoms with Crippen LogP contribution in [0.25, 0.3) is 11.1 Å². The van der Waals surface area contributed by atoms with Gasteiger partial charge in [-0.15, -0.1) is 0 Å². The van der Waals surface area contributed by atoms with Crippen LogP contribution in [-0.4, -0.2) is 28.1 Å². The zero-order valence-electron chi connectivity index (χ0n) is 12.4. The van der Waals surface area contributed by atoms with Gasteiger partial charge in [-0.1, -0.05) is 6.07 Å². The molecule has 1 N–H and O–H groups in total. The standard InChI is InChI=1S/C16H17F3N2O2/c17-16(18,19)14-1-2-15(12(5-14)9-22)13-6-20-21(8-13)7-11-3-4-23-10-11/h1-2,5-6,8,11,22H,3-4,7,9-10H2. The first kappa shape index (κ1) is 16.0. The normalized spacial score (nSPS) is 18.5. The van der Waals surface area contributed by atoms with Gasteiger partial charge in [0.05, 0.1) is 25.0 Å². The summed E-state index contributed by atoms with van der Waals surface area (Å²) in [5.74, 6) is 0.410. The Morgan fingerprint density at radius 1 is 1.35 bits per heavy atom. The SMILES string of the molecule is OCc1cc(C(F)(F)F)ccc1-c1cnn(CC2CCOC2)c1. The number of rotatable bonds is 4. The second-order valence-electron chi connectivity index (χ2n) is 5.71. The van der Waals surface area contributed by atoms with E-state index in [1.165, 1.54) is 6.07 Å². The van der Waals surface area contributed by atoms with E-state index in [4.69, 9.17) is 4.74 Å². The monoisotopic (exact) mass is 326 g/mol. The van der Waals surface area contributed by atoms with Crippen molar-refractivity contribution in [3.8, 4) is 11.1 Å². The summed E-state index contributed by atoms with van der Waals surface area (Å²) in [6, 6.07) is 3.39. The van der Waals surface area contributed by atoms with E-state index >= 15 is 0 Å². The predicted molar refractivity (Wildman–Crippen MR) is 77.5 cm³/mol. The highest BCUT2D eigenvalue weighted by molar-refractivity contribution is 5.66. The van der Waals surface area contributed by atoms with Gasteiger partial charge in [0.2, 0.25) is 0 Å². The Hall–Kier alpha value is -1.86. The summed E-state index contributed by atoms with van der Waals surface area (Å²) in [6.07, 6.45) is -0.0376. The van der Waals surface area contributed by atoms with Gasteiger partial charge >= 0.3 is 6.18 Å². The molecule has 0 spiro atoms. The molecule has 1 aromatic heterocycles. The van der Waals surface area contributed by atoms with Gasteiger partial charge in [-0.05, 0) is 29.7 Å². The van der Waals surface area contributed by atoms with E-state index in [1.54, 1.807) is 17.1 Å². The third-order valence-electron chi connectivity index (χ3n) is 4.02. The highest BCUT2D eigenvalue weighted by Crippen LogP contribution is 2.33. The number of aromatic nitrogens is 2. The van der Waals surface area contributed by atoms with Gasteiger partial charge in [-0.25, -0.2) is 0 Å². The summed E-state index contributed by atoms with van der Waals surface area (Å²) in [6.45, 7) is 1.72. The van der Waals surface area contributed by atoms with Crippen molar-refractivity contribution in [3.63, 3.8) is 0 Å². The maximum Gasteiger partial charge on any atom is 0.416 e. The topological polar surface area (TPSA) is 47.3 Å². The number of hydrogen-bond donors (Lipinski definition) is 1. The van der Waals surface area contributed by atoms with E-state index in [0.717, 1.165) is 31.7 Å². The van der Waals surface area contributed by atoms with Crippen LogP contribution < -0.4 is 0 Å². The van der Waals surface area contributed by atoms with Crippen LogP contribution in [0.15, 0.2) is 30.6 Å². The molecule has 1 aliphatic rings. The molecule has 1 unspecified atom stereocenters. The Balaban J connectivity index is 1.84. The lowest BCUT2D eigenvalue weighted by Crippen LogP contribution is -2.10. The molecule has 0 radical (unpaired) electrons. The molecular formula is C16H17F3N2O2. The minimum Gasteiger partial charge on any atom is -0.392 e. The molecule has 0 aliphatic carbocycles. The second kappa shape index (κ2) is 6.33. The maximum absolute atomic E-state index is 12.8. The lowest BCUT2D eigenvalue weighted by Gasteiger charge is -2.11. The van der Waals surface area contributed by atoms with E-state index < -0.39 is 18.3 Å². The summed E-state index contributed by atoms with van der Waals surface area (Å²) >= 11 is 0. The van der Waals surface area contributed by atoms with E-state index in [-0.39, 0.29) is 5.56 Å². The molecule has 3 rings (SSSR count). The lowest BCUT2D eigenvalue weighted by atomic mass is 10.00. The molecule has 0 bridgehead atoms. The molecule has 23 heavy (non-hydrogen) atoms.